The lowest BCUT2D eigenvalue weighted by molar-refractivity contribution is -0.154. The van der Waals surface area contributed by atoms with E-state index in [0.717, 1.165) is 5.92 Å². The summed E-state index contributed by atoms with van der Waals surface area (Å²) in [6.45, 7) is 16.3. The first-order chi connectivity index (χ1) is 11.2. The highest BCUT2D eigenvalue weighted by molar-refractivity contribution is 5.52. The first-order valence-electron chi connectivity index (χ1n) is 9.96. The van der Waals surface area contributed by atoms with Gasteiger partial charge in [0, 0.05) is 11.5 Å². The molecule has 2 bridgehead atoms. The Morgan fingerprint density at radius 2 is 1.79 bits per heavy atom. The Kier molecular flexibility index (Phi) is 3.38. The molecule has 1 nitrogen and oxygen atoms in total. The number of nitrogens with zero attached hydrogens (tertiary/aromatic N) is 1. The van der Waals surface area contributed by atoms with Gasteiger partial charge in [0.05, 0.1) is 0 Å². The van der Waals surface area contributed by atoms with E-state index in [1.807, 2.05) is 0 Å². The van der Waals surface area contributed by atoms with Crippen LogP contribution in [0.3, 0.4) is 0 Å². The summed E-state index contributed by atoms with van der Waals surface area (Å²) >= 11 is 0. The minimum absolute atomic E-state index is 0.332. The molecule has 1 heterocycles. The molecular weight excluding hydrogens is 290 g/mol. The summed E-state index contributed by atoms with van der Waals surface area (Å²) in [5.74, 6) is 0.792. The second kappa shape index (κ2) is 4.87. The van der Waals surface area contributed by atoms with E-state index >= 15 is 0 Å². The van der Waals surface area contributed by atoms with Crippen LogP contribution in [0.4, 0.5) is 0 Å². The Labute approximate surface area is 148 Å². The maximum absolute atomic E-state index is 2.68. The molecule has 3 aliphatic rings. The Balaban J connectivity index is 2.10. The van der Waals surface area contributed by atoms with Crippen molar-refractivity contribution in [1.82, 2.24) is 4.90 Å². The van der Waals surface area contributed by atoms with Crippen LogP contribution in [0, 0.1) is 30.6 Å². The van der Waals surface area contributed by atoms with E-state index < -0.39 is 0 Å². The molecule has 0 N–H and O–H groups in total. The van der Waals surface area contributed by atoms with Gasteiger partial charge in [-0.2, -0.15) is 0 Å². The molecule has 2 aliphatic carbocycles. The van der Waals surface area contributed by atoms with Crippen LogP contribution >= 0.6 is 0 Å². The Hall–Kier alpha value is -0.820. The highest BCUT2D eigenvalue weighted by Crippen LogP contribution is 2.70. The minimum atomic E-state index is 0.332. The fourth-order valence-electron chi connectivity index (χ4n) is 7.25. The van der Waals surface area contributed by atoms with Crippen LogP contribution in [0.2, 0.25) is 0 Å². The van der Waals surface area contributed by atoms with E-state index in [0.29, 0.717) is 22.3 Å². The van der Waals surface area contributed by atoms with E-state index in [9.17, 15) is 0 Å². The number of hydrogen-bond acceptors (Lipinski definition) is 1. The molecule has 4 rings (SSSR count). The van der Waals surface area contributed by atoms with Crippen LogP contribution in [0.1, 0.15) is 69.2 Å². The molecule has 1 heteroatoms. The predicted octanol–water partition coefficient (Wildman–Crippen LogP) is 5.26. The van der Waals surface area contributed by atoms with Crippen molar-refractivity contribution in [3.05, 3.63) is 34.4 Å². The normalized spacial score (nSPS) is 40.8. The van der Waals surface area contributed by atoms with Crippen molar-refractivity contribution in [3.8, 4) is 0 Å². The third-order valence-electron chi connectivity index (χ3n) is 9.17. The van der Waals surface area contributed by atoms with Crippen LogP contribution in [0.15, 0.2) is 12.1 Å². The number of fused-ring (bicyclic) bond motifs is 1. The topological polar surface area (TPSA) is 3.24 Å². The zero-order valence-corrected chi connectivity index (χ0v) is 16.8. The lowest BCUT2D eigenvalue weighted by Gasteiger charge is -2.72. The van der Waals surface area contributed by atoms with Gasteiger partial charge in [-0.1, -0.05) is 39.8 Å². The molecule has 0 amide bonds. The molecule has 4 atom stereocenters. The van der Waals surface area contributed by atoms with E-state index in [1.165, 1.54) is 37.8 Å². The van der Waals surface area contributed by atoms with Crippen LogP contribution < -0.4 is 0 Å². The Morgan fingerprint density at radius 1 is 1.08 bits per heavy atom. The molecule has 0 spiro atoms. The van der Waals surface area contributed by atoms with Crippen molar-refractivity contribution in [3.63, 3.8) is 0 Å². The van der Waals surface area contributed by atoms with Gasteiger partial charge >= 0.3 is 0 Å². The van der Waals surface area contributed by atoms with Crippen molar-refractivity contribution >= 4 is 0 Å². The summed E-state index contributed by atoms with van der Waals surface area (Å²) in [5, 5.41) is 0. The smallest absolute Gasteiger partial charge is 0.0195 e. The van der Waals surface area contributed by atoms with Gasteiger partial charge in [-0.15, -0.1) is 0 Å². The number of likely N-dealkylation sites (tertiary alicyclic amines) is 1. The molecule has 0 radical (unpaired) electrons. The molecule has 1 saturated carbocycles. The van der Waals surface area contributed by atoms with Crippen molar-refractivity contribution < 1.29 is 0 Å². The molecule has 1 aliphatic heterocycles. The number of aryl methyl sites for hydroxylation is 1. The number of rotatable bonds is 0. The molecule has 1 aromatic rings. The highest BCUT2D eigenvalue weighted by Gasteiger charge is 2.68. The van der Waals surface area contributed by atoms with Crippen LogP contribution in [0.5, 0.6) is 0 Å². The largest absolute Gasteiger partial charge is 0.302 e. The van der Waals surface area contributed by atoms with Gasteiger partial charge in [0.15, 0.2) is 0 Å². The lowest BCUT2D eigenvalue weighted by atomic mass is 9.35. The van der Waals surface area contributed by atoms with E-state index in [1.54, 1.807) is 16.7 Å². The summed E-state index contributed by atoms with van der Waals surface area (Å²) in [4.78, 5) is 2.68. The number of hydrogen-bond donors (Lipinski definition) is 0. The van der Waals surface area contributed by atoms with Crippen LogP contribution in [-0.4, -0.2) is 24.5 Å². The van der Waals surface area contributed by atoms with Gasteiger partial charge in [-0.3, -0.25) is 0 Å². The number of likely N-dealkylation sites (N-methyl/N-ethyl adjacent to an activating group) is 1. The molecule has 1 aromatic carbocycles. The fourth-order valence-corrected chi connectivity index (χ4v) is 7.25. The summed E-state index contributed by atoms with van der Waals surface area (Å²) in [5.41, 5.74) is 7.56. The molecule has 2 unspecified atom stereocenters. The third-order valence-corrected chi connectivity index (χ3v) is 9.17. The van der Waals surface area contributed by atoms with Crippen molar-refractivity contribution in [2.24, 2.45) is 16.7 Å². The first kappa shape index (κ1) is 16.6. The Morgan fingerprint density at radius 3 is 2.50 bits per heavy atom. The monoisotopic (exact) mass is 325 g/mol. The standard InChI is InChI=1S/C23H35N/c1-15-8-9-18-14-19-22(6)11-10-16(2)21(4,5)23(22,12-13-24(19)7)20(18)17(15)3/h8-9,16,19H,10-14H2,1-7H3/t16?,19-,22?,23+/m1/s1. The molecule has 24 heavy (non-hydrogen) atoms. The first-order valence-corrected chi connectivity index (χ1v) is 9.96. The Bertz CT molecular complexity index is 688. The van der Waals surface area contributed by atoms with Crippen LogP contribution in [-0.2, 0) is 11.8 Å². The van der Waals surface area contributed by atoms with Crippen molar-refractivity contribution in [1.29, 1.82) is 0 Å². The van der Waals surface area contributed by atoms with Gasteiger partial charge in [0.25, 0.3) is 0 Å². The number of benzene rings is 1. The van der Waals surface area contributed by atoms with Crippen molar-refractivity contribution in [2.75, 3.05) is 13.6 Å². The zero-order valence-electron chi connectivity index (χ0n) is 16.8. The van der Waals surface area contributed by atoms with Gasteiger partial charge in [0.1, 0.15) is 0 Å². The average molecular weight is 326 g/mol. The molecule has 2 fully saturated rings. The van der Waals surface area contributed by atoms with Gasteiger partial charge < -0.3 is 4.90 Å². The summed E-state index contributed by atoms with van der Waals surface area (Å²) in [6.07, 6.45) is 5.34. The van der Waals surface area contributed by atoms with Crippen LogP contribution in [0.25, 0.3) is 0 Å². The SMILES string of the molecule is Cc1ccc2c(c1C)[C@]13CCN(C)[C@H](C2)C1(C)CCC(C)C3(C)C. The maximum atomic E-state index is 2.68. The quantitative estimate of drug-likeness (QED) is 0.628. The average Bonchev–Trinajstić information content (AvgIpc) is 2.51. The van der Waals surface area contributed by atoms with E-state index in [4.69, 9.17) is 0 Å². The van der Waals surface area contributed by atoms with Gasteiger partial charge in [-0.05, 0) is 92.1 Å². The maximum Gasteiger partial charge on any atom is 0.0195 e. The zero-order chi connectivity index (χ0) is 17.5. The van der Waals surface area contributed by atoms with Crippen molar-refractivity contribution in [2.45, 2.75) is 78.7 Å². The molecule has 0 aromatic heterocycles. The second-order valence-electron chi connectivity index (χ2n) is 9.98. The van der Waals surface area contributed by atoms with Gasteiger partial charge in [0.2, 0.25) is 0 Å². The number of piperidine rings is 1. The summed E-state index contributed by atoms with van der Waals surface area (Å²) in [7, 11) is 2.37. The van der Waals surface area contributed by atoms with E-state index in [-0.39, 0.29) is 0 Å². The summed E-state index contributed by atoms with van der Waals surface area (Å²) < 4.78 is 0. The second-order valence-corrected chi connectivity index (χ2v) is 9.98. The highest BCUT2D eigenvalue weighted by atomic mass is 15.2. The third kappa shape index (κ3) is 1.66. The molecule has 132 valence electrons. The van der Waals surface area contributed by atoms with E-state index in [2.05, 4.69) is 65.6 Å². The summed E-state index contributed by atoms with van der Waals surface area (Å²) in [6, 6.07) is 5.52. The minimum Gasteiger partial charge on any atom is -0.302 e. The lowest BCUT2D eigenvalue weighted by Crippen LogP contribution is -2.72. The molecular formula is C23H35N. The molecule has 1 saturated heterocycles. The predicted molar refractivity (Wildman–Crippen MR) is 103 cm³/mol. The fraction of sp³-hybridized carbons (Fsp3) is 0.739. The van der Waals surface area contributed by atoms with Gasteiger partial charge in [-0.25, -0.2) is 0 Å².